The van der Waals surface area contributed by atoms with Crippen molar-refractivity contribution in [2.45, 2.75) is 12.8 Å². The first-order valence-electron chi connectivity index (χ1n) is 6.39. The Kier molecular flexibility index (Phi) is 4.22. The van der Waals surface area contributed by atoms with Gasteiger partial charge in [0.2, 0.25) is 5.91 Å². The highest BCUT2D eigenvalue weighted by Gasteiger charge is 2.41. The molecule has 1 aromatic rings. The van der Waals surface area contributed by atoms with E-state index in [1.165, 1.54) is 6.08 Å². The van der Waals surface area contributed by atoms with Crippen molar-refractivity contribution in [1.29, 1.82) is 0 Å². The van der Waals surface area contributed by atoms with E-state index in [0.717, 1.165) is 24.2 Å². The van der Waals surface area contributed by atoms with Crippen LogP contribution < -0.4 is 10.1 Å². The molecule has 2 N–H and O–H groups in total. The number of rotatable bonds is 6. The van der Waals surface area contributed by atoms with Crippen LogP contribution in [-0.4, -0.2) is 31.3 Å². The fraction of sp³-hybridized carbons (Fsp3) is 0.400. The molecule has 1 fully saturated rings. The van der Waals surface area contributed by atoms with E-state index in [9.17, 15) is 4.79 Å². The Balaban J connectivity index is 1.89. The summed E-state index contributed by atoms with van der Waals surface area (Å²) in [4.78, 5) is 11.7. The molecule has 0 aliphatic heterocycles. The van der Waals surface area contributed by atoms with Crippen LogP contribution in [-0.2, 0) is 4.79 Å². The van der Waals surface area contributed by atoms with Gasteiger partial charge < -0.3 is 15.2 Å². The van der Waals surface area contributed by atoms with Gasteiger partial charge in [0.15, 0.2) is 0 Å². The largest absolute Gasteiger partial charge is 0.496 e. The summed E-state index contributed by atoms with van der Waals surface area (Å²) in [5.41, 5.74) is 0.803. The van der Waals surface area contributed by atoms with Crippen molar-refractivity contribution < 1.29 is 14.6 Å². The van der Waals surface area contributed by atoms with Gasteiger partial charge in [0, 0.05) is 23.6 Å². The number of benzene rings is 1. The van der Waals surface area contributed by atoms with Gasteiger partial charge in [0.05, 0.1) is 13.7 Å². The second kappa shape index (κ2) is 5.89. The van der Waals surface area contributed by atoms with Crippen molar-refractivity contribution in [3.8, 4) is 5.75 Å². The Morgan fingerprint density at radius 3 is 2.84 bits per heavy atom. The summed E-state index contributed by atoms with van der Waals surface area (Å²) in [7, 11) is 1.60. The minimum absolute atomic E-state index is 0.0616. The summed E-state index contributed by atoms with van der Waals surface area (Å²) in [5, 5.41) is 12.0. The highest BCUT2D eigenvalue weighted by Crippen LogP contribution is 2.44. The van der Waals surface area contributed by atoms with Gasteiger partial charge in [-0.3, -0.25) is 4.79 Å². The normalized spacial score (nSPS) is 16.3. The topological polar surface area (TPSA) is 58.6 Å². The fourth-order valence-corrected chi connectivity index (χ4v) is 1.87. The number of hydrogen-bond acceptors (Lipinski definition) is 3. The lowest BCUT2D eigenvalue weighted by Crippen LogP contribution is -2.30. The average molecular weight is 261 g/mol. The first-order valence-corrected chi connectivity index (χ1v) is 6.39. The minimum Gasteiger partial charge on any atom is -0.496 e. The van der Waals surface area contributed by atoms with Gasteiger partial charge in [-0.15, -0.1) is 0 Å². The van der Waals surface area contributed by atoms with Crippen molar-refractivity contribution in [2.75, 3.05) is 20.3 Å². The van der Waals surface area contributed by atoms with Crippen molar-refractivity contribution in [1.82, 2.24) is 5.32 Å². The number of amides is 1. The second-order valence-electron chi connectivity index (χ2n) is 4.95. The monoisotopic (exact) mass is 261 g/mol. The lowest BCUT2D eigenvalue weighted by molar-refractivity contribution is -0.116. The highest BCUT2D eigenvalue weighted by atomic mass is 16.5. The predicted octanol–water partition coefficient (Wildman–Crippen LogP) is 1.60. The van der Waals surface area contributed by atoms with E-state index in [1.807, 2.05) is 24.3 Å². The Morgan fingerprint density at radius 1 is 1.47 bits per heavy atom. The Morgan fingerprint density at radius 2 is 2.21 bits per heavy atom. The van der Waals surface area contributed by atoms with E-state index in [-0.39, 0.29) is 17.9 Å². The van der Waals surface area contributed by atoms with Gasteiger partial charge in [0.1, 0.15) is 5.75 Å². The molecule has 1 amide bonds. The number of methoxy groups -OCH3 is 1. The molecule has 4 nitrogen and oxygen atoms in total. The molecule has 0 saturated heterocycles. The van der Waals surface area contributed by atoms with Gasteiger partial charge in [-0.05, 0) is 25.0 Å². The quantitative estimate of drug-likeness (QED) is 0.765. The van der Waals surface area contributed by atoms with Crippen LogP contribution in [0.2, 0.25) is 0 Å². The number of para-hydroxylation sites is 1. The smallest absolute Gasteiger partial charge is 0.244 e. The standard InChI is InChI=1S/C15H19NO3/c1-19-13-5-3-2-4-12(13)6-7-14(18)16-10-15(11-17)8-9-15/h2-7,17H,8-11H2,1H3,(H,16,18)/b7-6+. The van der Waals surface area contributed by atoms with Gasteiger partial charge in [-0.25, -0.2) is 0 Å². The van der Waals surface area contributed by atoms with Crippen LogP contribution in [0.25, 0.3) is 6.08 Å². The fourth-order valence-electron chi connectivity index (χ4n) is 1.87. The highest BCUT2D eigenvalue weighted by molar-refractivity contribution is 5.92. The zero-order valence-corrected chi connectivity index (χ0v) is 11.1. The molecule has 19 heavy (non-hydrogen) atoms. The van der Waals surface area contributed by atoms with Gasteiger partial charge in [0.25, 0.3) is 0 Å². The summed E-state index contributed by atoms with van der Waals surface area (Å²) in [6.07, 6.45) is 5.19. The minimum atomic E-state index is -0.148. The molecular weight excluding hydrogens is 242 g/mol. The maximum absolute atomic E-state index is 11.7. The molecule has 0 radical (unpaired) electrons. The number of aliphatic hydroxyl groups is 1. The van der Waals surface area contributed by atoms with Crippen molar-refractivity contribution >= 4 is 12.0 Å². The number of hydrogen-bond donors (Lipinski definition) is 2. The number of aliphatic hydroxyl groups excluding tert-OH is 1. The maximum Gasteiger partial charge on any atom is 0.244 e. The summed E-state index contributed by atoms with van der Waals surface area (Å²) >= 11 is 0. The number of nitrogens with one attached hydrogen (secondary N) is 1. The first kappa shape index (κ1) is 13.6. The van der Waals surface area contributed by atoms with Crippen LogP contribution in [0.5, 0.6) is 5.75 Å². The van der Waals surface area contributed by atoms with Crippen LogP contribution in [0.1, 0.15) is 18.4 Å². The summed E-state index contributed by atoms with van der Waals surface area (Å²) in [6, 6.07) is 7.51. The summed E-state index contributed by atoms with van der Waals surface area (Å²) in [5.74, 6) is 0.589. The molecule has 1 aromatic carbocycles. The second-order valence-corrected chi connectivity index (χ2v) is 4.95. The van der Waals surface area contributed by atoms with E-state index in [4.69, 9.17) is 9.84 Å². The van der Waals surface area contributed by atoms with Crippen LogP contribution in [0.15, 0.2) is 30.3 Å². The molecule has 102 valence electrons. The molecule has 1 aliphatic carbocycles. The third kappa shape index (κ3) is 3.58. The molecule has 0 unspecified atom stereocenters. The number of carbonyl (C=O) groups excluding carboxylic acids is 1. The Bertz CT molecular complexity index is 478. The van der Waals surface area contributed by atoms with Crippen molar-refractivity contribution in [2.24, 2.45) is 5.41 Å². The van der Waals surface area contributed by atoms with E-state index >= 15 is 0 Å². The van der Waals surface area contributed by atoms with Crippen LogP contribution in [0.4, 0.5) is 0 Å². The Labute approximate surface area is 113 Å². The lowest BCUT2D eigenvalue weighted by atomic mass is 10.1. The van der Waals surface area contributed by atoms with Crippen LogP contribution >= 0.6 is 0 Å². The van der Waals surface area contributed by atoms with Crippen LogP contribution in [0.3, 0.4) is 0 Å². The Hall–Kier alpha value is -1.81. The molecule has 0 bridgehead atoms. The molecule has 0 atom stereocenters. The van der Waals surface area contributed by atoms with E-state index in [2.05, 4.69) is 5.32 Å². The third-order valence-electron chi connectivity index (χ3n) is 3.48. The predicted molar refractivity (Wildman–Crippen MR) is 73.8 cm³/mol. The zero-order valence-electron chi connectivity index (χ0n) is 11.1. The van der Waals surface area contributed by atoms with E-state index < -0.39 is 0 Å². The van der Waals surface area contributed by atoms with Crippen molar-refractivity contribution in [3.63, 3.8) is 0 Å². The molecule has 0 aromatic heterocycles. The van der Waals surface area contributed by atoms with Crippen LogP contribution in [0, 0.1) is 5.41 Å². The van der Waals surface area contributed by atoms with Gasteiger partial charge in [-0.1, -0.05) is 18.2 Å². The third-order valence-corrected chi connectivity index (χ3v) is 3.48. The zero-order chi connectivity index (χ0) is 13.7. The van der Waals surface area contributed by atoms with Gasteiger partial charge >= 0.3 is 0 Å². The molecular formula is C15H19NO3. The molecule has 2 rings (SSSR count). The van der Waals surface area contributed by atoms with Crippen molar-refractivity contribution in [3.05, 3.63) is 35.9 Å². The molecule has 1 aliphatic rings. The van der Waals surface area contributed by atoms with E-state index in [1.54, 1.807) is 13.2 Å². The average Bonchev–Trinajstić information content (AvgIpc) is 3.24. The first-order chi connectivity index (χ1) is 9.19. The maximum atomic E-state index is 11.7. The van der Waals surface area contributed by atoms with E-state index in [0.29, 0.717) is 6.54 Å². The molecule has 1 saturated carbocycles. The molecule has 4 heteroatoms. The molecule has 0 spiro atoms. The number of carbonyl (C=O) groups is 1. The van der Waals surface area contributed by atoms with Gasteiger partial charge in [-0.2, -0.15) is 0 Å². The summed E-state index contributed by atoms with van der Waals surface area (Å²) < 4.78 is 5.20. The number of ether oxygens (including phenoxy) is 1. The lowest BCUT2D eigenvalue weighted by Gasteiger charge is -2.11. The SMILES string of the molecule is COc1ccccc1/C=C/C(=O)NCC1(CO)CC1. The molecule has 0 heterocycles. The summed E-state index contributed by atoms with van der Waals surface area (Å²) in [6.45, 7) is 0.683.